The lowest BCUT2D eigenvalue weighted by Crippen LogP contribution is -2.57. The Balaban J connectivity index is 1.91. The standard InChI is InChI=1S/C19H18O4Si/c1-20-24(21-17-11-5-2-6-12-17,22-18-13-7-3-8-14-18)23-19-15-9-4-10-16-19/h2-16H,1H3. The van der Waals surface area contributed by atoms with Crippen LogP contribution in [0.4, 0.5) is 0 Å². The van der Waals surface area contributed by atoms with Gasteiger partial charge in [-0.25, -0.2) is 0 Å². The van der Waals surface area contributed by atoms with E-state index in [9.17, 15) is 0 Å². The second-order valence-electron chi connectivity index (χ2n) is 4.95. The average molecular weight is 338 g/mol. The molecule has 0 aliphatic heterocycles. The largest absolute Gasteiger partial charge is 0.892 e. The van der Waals surface area contributed by atoms with Gasteiger partial charge in [0.1, 0.15) is 17.2 Å². The Morgan fingerprint density at radius 1 is 0.500 bits per heavy atom. The Kier molecular flexibility index (Phi) is 5.15. The van der Waals surface area contributed by atoms with Gasteiger partial charge in [-0.1, -0.05) is 54.6 Å². The molecule has 0 fully saturated rings. The molecule has 0 amide bonds. The molecule has 0 aliphatic rings. The topological polar surface area (TPSA) is 36.9 Å². The second kappa shape index (κ2) is 7.67. The van der Waals surface area contributed by atoms with E-state index in [4.69, 9.17) is 17.7 Å². The summed E-state index contributed by atoms with van der Waals surface area (Å²) in [6.45, 7) is 0. The fourth-order valence-electron chi connectivity index (χ4n) is 2.09. The van der Waals surface area contributed by atoms with Crippen molar-refractivity contribution >= 4 is 9.05 Å². The van der Waals surface area contributed by atoms with E-state index in [0.717, 1.165) is 0 Å². The Labute approximate surface area is 142 Å². The van der Waals surface area contributed by atoms with Crippen molar-refractivity contribution < 1.29 is 17.7 Å². The van der Waals surface area contributed by atoms with E-state index in [-0.39, 0.29) is 0 Å². The fourth-order valence-corrected chi connectivity index (χ4v) is 3.74. The molecule has 0 saturated heterocycles. The molecule has 0 atom stereocenters. The van der Waals surface area contributed by atoms with Gasteiger partial charge in [-0.15, -0.1) is 0 Å². The minimum atomic E-state index is -3.49. The van der Waals surface area contributed by atoms with Crippen molar-refractivity contribution in [1.29, 1.82) is 0 Å². The number of para-hydroxylation sites is 3. The van der Waals surface area contributed by atoms with E-state index in [1.54, 1.807) is 0 Å². The third-order valence-corrected chi connectivity index (χ3v) is 5.17. The molecular weight excluding hydrogens is 320 g/mol. The summed E-state index contributed by atoms with van der Waals surface area (Å²) in [5.41, 5.74) is 0. The van der Waals surface area contributed by atoms with Crippen LogP contribution in [-0.2, 0) is 4.43 Å². The quantitative estimate of drug-likeness (QED) is 0.602. The van der Waals surface area contributed by atoms with E-state index in [0.29, 0.717) is 17.2 Å². The van der Waals surface area contributed by atoms with E-state index in [1.165, 1.54) is 7.11 Å². The molecule has 0 bridgehead atoms. The van der Waals surface area contributed by atoms with Gasteiger partial charge in [0.25, 0.3) is 0 Å². The van der Waals surface area contributed by atoms with Gasteiger partial charge in [-0.05, 0) is 36.4 Å². The van der Waals surface area contributed by atoms with Crippen molar-refractivity contribution in [2.45, 2.75) is 0 Å². The van der Waals surface area contributed by atoms with Gasteiger partial charge >= 0.3 is 9.05 Å². The first-order valence-electron chi connectivity index (χ1n) is 7.57. The highest BCUT2D eigenvalue weighted by atomic mass is 28.4. The molecule has 0 saturated carbocycles. The number of benzene rings is 3. The Morgan fingerprint density at radius 3 is 1.04 bits per heavy atom. The number of hydrogen-bond donors (Lipinski definition) is 0. The Bertz CT molecular complexity index is 634. The summed E-state index contributed by atoms with van der Waals surface area (Å²) >= 11 is 0. The van der Waals surface area contributed by atoms with E-state index >= 15 is 0 Å². The molecule has 0 unspecified atom stereocenters. The zero-order chi connectivity index (χ0) is 16.7. The van der Waals surface area contributed by atoms with Gasteiger partial charge in [0.2, 0.25) is 0 Å². The van der Waals surface area contributed by atoms with Crippen LogP contribution in [-0.4, -0.2) is 16.2 Å². The maximum Gasteiger partial charge on any atom is 0.892 e. The molecule has 122 valence electrons. The van der Waals surface area contributed by atoms with Crippen molar-refractivity contribution in [1.82, 2.24) is 0 Å². The van der Waals surface area contributed by atoms with Crippen LogP contribution >= 0.6 is 0 Å². The molecule has 3 aromatic carbocycles. The van der Waals surface area contributed by atoms with Gasteiger partial charge in [0.05, 0.1) is 0 Å². The lowest BCUT2D eigenvalue weighted by Gasteiger charge is -2.27. The lowest BCUT2D eigenvalue weighted by molar-refractivity contribution is 0.118. The SMILES string of the molecule is CO[Si](Oc1ccccc1)(Oc1ccccc1)Oc1ccccc1. The van der Waals surface area contributed by atoms with Gasteiger partial charge < -0.3 is 17.7 Å². The second-order valence-corrected chi connectivity index (χ2v) is 6.97. The molecule has 0 aromatic heterocycles. The maximum absolute atomic E-state index is 6.03. The first kappa shape index (κ1) is 16.1. The summed E-state index contributed by atoms with van der Waals surface area (Å²) in [7, 11) is -1.96. The van der Waals surface area contributed by atoms with Crippen molar-refractivity contribution in [2.75, 3.05) is 7.11 Å². The van der Waals surface area contributed by atoms with Gasteiger partial charge in [-0.2, -0.15) is 0 Å². The molecule has 0 N–H and O–H groups in total. The van der Waals surface area contributed by atoms with Gasteiger partial charge in [-0.3, -0.25) is 0 Å². The maximum atomic E-state index is 6.03. The molecule has 5 heteroatoms. The highest BCUT2D eigenvalue weighted by Gasteiger charge is 2.54. The predicted molar refractivity (Wildman–Crippen MR) is 94.0 cm³/mol. The molecule has 4 nitrogen and oxygen atoms in total. The fraction of sp³-hybridized carbons (Fsp3) is 0.0526. The predicted octanol–water partition coefficient (Wildman–Crippen LogP) is 4.31. The Hall–Kier alpha value is -2.76. The van der Waals surface area contributed by atoms with Crippen molar-refractivity contribution in [2.24, 2.45) is 0 Å². The van der Waals surface area contributed by atoms with Gasteiger partial charge in [0.15, 0.2) is 0 Å². The first-order chi connectivity index (χ1) is 11.8. The number of hydrogen-bond acceptors (Lipinski definition) is 4. The Morgan fingerprint density at radius 2 is 0.792 bits per heavy atom. The summed E-state index contributed by atoms with van der Waals surface area (Å²) in [5, 5.41) is 0. The lowest BCUT2D eigenvalue weighted by atomic mass is 10.3. The van der Waals surface area contributed by atoms with Crippen LogP contribution in [0.25, 0.3) is 0 Å². The first-order valence-corrected chi connectivity index (χ1v) is 9.20. The van der Waals surface area contributed by atoms with Crippen LogP contribution in [0.2, 0.25) is 0 Å². The molecule has 0 heterocycles. The van der Waals surface area contributed by atoms with Crippen LogP contribution in [0.15, 0.2) is 91.0 Å². The summed E-state index contributed by atoms with van der Waals surface area (Å²) in [4.78, 5) is 0. The van der Waals surface area contributed by atoms with Crippen LogP contribution in [0.1, 0.15) is 0 Å². The minimum Gasteiger partial charge on any atom is -0.462 e. The smallest absolute Gasteiger partial charge is 0.462 e. The van der Waals surface area contributed by atoms with Crippen molar-refractivity contribution in [3.63, 3.8) is 0 Å². The average Bonchev–Trinajstić information content (AvgIpc) is 2.64. The van der Waals surface area contributed by atoms with Crippen molar-refractivity contribution in [3.05, 3.63) is 91.0 Å². The highest BCUT2D eigenvalue weighted by molar-refractivity contribution is 6.56. The van der Waals surface area contributed by atoms with Crippen LogP contribution in [0.3, 0.4) is 0 Å². The van der Waals surface area contributed by atoms with E-state index in [1.807, 2.05) is 91.0 Å². The third kappa shape index (κ3) is 4.16. The summed E-state index contributed by atoms with van der Waals surface area (Å²) in [6.07, 6.45) is 0. The molecule has 0 radical (unpaired) electrons. The highest BCUT2D eigenvalue weighted by Crippen LogP contribution is 2.24. The molecule has 0 spiro atoms. The summed E-state index contributed by atoms with van der Waals surface area (Å²) < 4.78 is 23.7. The minimum absolute atomic E-state index is 0.623. The zero-order valence-corrected chi connectivity index (χ0v) is 14.3. The van der Waals surface area contributed by atoms with E-state index < -0.39 is 9.05 Å². The number of rotatable bonds is 7. The molecule has 3 aromatic rings. The van der Waals surface area contributed by atoms with Crippen LogP contribution < -0.4 is 13.3 Å². The summed E-state index contributed by atoms with van der Waals surface area (Å²) in [5.74, 6) is 1.87. The normalized spacial score (nSPS) is 10.9. The molecule has 0 aliphatic carbocycles. The van der Waals surface area contributed by atoms with Crippen LogP contribution in [0.5, 0.6) is 17.2 Å². The van der Waals surface area contributed by atoms with Crippen LogP contribution in [0, 0.1) is 0 Å². The summed E-state index contributed by atoms with van der Waals surface area (Å²) in [6, 6.07) is 28.1. The third-order valence-electron chi connectivity index (χ3n) is 3.21. The molecular formula is C19H18O4Si. The van der Waals surface area contributed by atoms with Crippen molar-refractivity contribution in [3.8, 4) is 17.2 Å². The molecule has 3 rings (SSSR count). The zero-order valence-electron chi connectivity index (χ0n) is 13.3. The molecule has 24 heavy (non-hydrogen) atoms. The van der Waals surface area contributed by atoms with Gasteiger partial charge in [0, 0.05) is 7.11 Å². The van der Waals surface area contributed by atoms with E-state index in [2.05, 4.69) is 0 Å². The monoisotopic (exact) mass is 338 g/mol.